The van der Waals surface area contributed by atoms with Gasteiger partial charge in [-0.3, -0.25) is 9.59 Å². The molecule has 0 aliphatic heterocycles. The van der Waals surface area contributed by atoms with Crippen molar-refractivity contribution in [1.29, 1.82) is 0 Å². The summed E-state index contributed by atoms with van der Waals surface area (Å²) in [5.74, 6) is 0.0704. The molecule has 0 bridgehead atoms. The summed E-state index contributed by atoms with van der Waals surface area (Å²) in [4.78, 5) is 27.1. The van der Waals surface area contributed by atoms with Gasteiger partial charge in [-0.1, -0.05) is 6.42 Å². The van der Waals surface area contributed by atoms with E-state index in [1.807, 2.05) is 18.2 Å². The second-order valence-electron chi connectivity index (χ2n) is 5.85. The number of methoxy groups -OCH3 is 1. The molecule has 3 rings (SSSR count). The molecule has 122 valence electrons. The predicted molar refractivity (Wildman–Crippen MR) is 88.5 cm³/mol. The number of hydrogen-bond donors (Lipinski definition) is 3. The number of H-pyrrole nitrogens is 1. The summed E-state index contributed by atoms with van der Waals surface area (Å²) < 4.78 is 4.91. The van der Waals surface area contributed by atoms with Crippen LogP contribution in [0.4, 0.5) is 5.69 Å². The SMILES string of the molecule is COCCNC(=O)c1cc2cc(NC(=O)C3CCC3)ccc2[nH]1. The predicted octanol–water partition coefficient (Wildman–Crippen LogP) is 2.28. The first-order chi connectivity index (χ1) is 11.2. The Labute approximate surface area is 134 Å². The molecule has 1 aliphatic carbocycles. The molecule has 1 heterocycles. The third kappa shape index (κ3) is 3.53. The Bertz CT molecular complexity index is 719. The fourth-order valence-electron chi connectivity index (χ4n) is 2.61. The van der Waals surface area contributed by atoms with E-state index >= 15 is 0 Å². The van der Waals surface area contributed by atoms with E-state index in [4.69, 9.17) is 4.74 Å². The molecule has 0 spiro atoms. The molecule has 0 unspecified atom stereocenters. The summed E-state index contributed by atoms with van der Waals surface area (Å²) in [6, 6.07) is 7.39. The van der Waals surface area contributed by atoms with E-state index in [0.29, 0.717) is 18.8 Å². The summed E-state index contributed by atoms with van der Waals surface area (Å²) >= 11 is 0. The van der Waals surface area contributed by atoms with Crippen LogP contribution >= 0.6 is 0 Å². The number of ether oxygens (including phenoxy) is 1. The van der Waals surface area contributed by atoms with Crippen LogP contribution in [0.15, 0.2) is 24.3 Å². The average Bonchev–Trinajstić information content (AvgIpc) is 2.88. The molecule has 6 nitrogen and oxygen atoms in total. The quantitative estimate of drug-likeness (QED) is 0.715. The molecule has 23 heavy (non-hydrogen) atoms. The van der Waals surface area contributed by atoms with Gasteiger partial charge in [0.15, 0.2) is 0 Å². The van der Waals surface area contributed by atoms with Crippen LogP contribution in [0.2, 0.25) is 0 Å². The van der Waals surface area contributed by atoms with E-state index in [1.54, 1.807) is 13.2 Å². The standard InChI is InChI=1S/C17H21N3O3/c1-23-8-7-18-17(22)15-10-12-9-13(5-6-14(12)20-15)19-16(21)11-3-2-4-11/h5-6,9-11,20H,2-4,7-8H2,1H3,(H,18,22)(H,19,21). The number of carbonyl (C=O) groups excluding carboxylic acids is 2. The molecule has 0 atom stereocenters. The van der Waals surface area contributed by atoms with Crippen LogP contribution in [0.3, 0.4) is 0 Å². The van der Waals surface area contributed by atoms with Crippen LogP contribution in [0, 0.1) is 5.92 Å². The van der Waals surface area contributed by atoms with Crippen LogP contribution in [-0.2, 0) is 9.53 Å². The Morgan fingerprint density at radius 3 is 2.83 bits per heavy atom. The van der Waals surface area contributed by atoms with Crippen molar-refractivity contribution in [3.63, 3.8) is 0 Å². The number of nitrogens with one attached hydrogen (secondary N) is 3. The van der Waals surface area contributed by atoms with Crippen molar-refractivity contribution in [1.82, 2.24) is 10.3 Å². The molecule has 3 N–H and O–H groups in total. The Balaban J connectivity index is 1.69. The molecular formula is C17H21N3O3. The van der Waals surface area contributed by atoms with E-state index in [0.717, 1.165) is 35.9 Å². The van der Waals surface area contributed by atoms with Gasteiger partial charge in [0, 0.05) is 36.2 Å². The van der Waals surface area contributed by atoms with Gasteiger partial charge in [0.1, 0.15) is 5.69 Å². The van der Waals surface area contributed by atoms with Crippen LogP contribution in [-0.4, -0.2) is 37.1 Å². The van der Waals surface area contributed by atoms with Gasteiger partial charge in [0.05, 0.1) is 6.61 Å². The van der Waals surface area contributed by atoms with Gasteiger partial charge in [0.25, 0.3) is 5.91 Å². The second kappa shape index (κ2) is 6.83. The molecule has 1 aliphatic rings. The van der Waals surface area contributed by atoms with Crippen molar-refractivity contribution in [3.8, 4) is 0 Å². The zero-order valence-electron chi connectivity index (χ0n) is 13.1. The maximum atomic E-state index is 12.0. The highest BCUT2D eigenvalue weighted by Gasteiger charge is 2.25. The molecule has 1 aromatic heterocycles. The Kier molecular flexibility index (Phi) is 4.62. The normalized spacial score (nSPS) is 14.5. The van der Waals surface area contributed by atoms with E-state index < -0.39 is 0 Å². The lowest BCUT2D eigenvalue weighted by Crippen LogP contribution is -2.27. The van der Waals surface area contributed by atoms with Crippen LogP contribution in [0.25, 0.3) is 10.9 Å². The Morgan fingerprint density at radius 2 is 2.13 bits per heavy atom. The molecule has 0 radical (unpaired) electrons. The minimum Gasteiger partial charge on any atom is -0.383 e. The zero-order valence-corrected chi connectivity index (χ0v) is 13.1. The summed E-state index contributed by atoms with van der Waals surface area (Å²) in [6.45, 7) is 0.941. The minimum atomic E-state index is -0.168. The first-order valence-corrected chi connectivity index (χ1v) is 7.88. The van der Waals surface area contributed by atoms with Gasteiger partial charge in [-0.05, 0) is 37.1 Å². The number of hydrogen-bond acceptors (Lipinski definition) is 3. The van der Waals surface area contributed by atoms with Gasteiger partial charge in [-0.25, -0.2) is 0 Å². The van der Waals surface area contributed by atoms with Crippen molar-refractivity contribution in [3.05, 3.63) is 30.0 Å². The van der Waals surface area contributed by atoms with Crippen molar-refractivity contribution in [2.75, 3.05) is 25.6 Å². The lowest BCUT2D eigenvalue weighted by Gasteiger charge is -2.24. The third-order valence-electron chi connectivity index (χ3n) is 4.20. The van der Waals surface area contributed by atoms with Crippen molar-refractivity contribution < 1.29 is 14.3 Å². The number of anilines is 1. The molecule has 1 saturated carbocycles. The smallest absolute Gasteiger partial charge is 0.267 e. The van der Waals surface area contributed by atoms with E-state index in [1.165, 1.54) is 0 Å². The van der Waals surface area contributed by atoms with E-state index in [9.17, 15) is 9.59 Å². The highest BCUT2D eigenvalue weighted by Crippen LogP contribution is 2.28. The monoisotopic (exact) mass is 315 g/mol. The summed E-state index contributed by atoms with van der Waals surface area (Å²) in [6.07, 6.45) is 3.09. The summed E-state index contributed by atoms with van der Waals surface area (Å²) in [5, 5.41) is 6.62. The highest BCUT2D eigenvalue weighted by atomic mass is 16.5. The lowest BCUT2D eigenvalue weighted by atomic mass is 9.85. The van der Waals surface area contributed by atoms with Crippen LogP contribution in [0.1, 0.15) is 29.8 Å². The molecule has 6 heteroatoms. The first-order valence-electron chi connectivity index (χ1n) is 7.88. The second-order valence-corrected chi connectivity index (χ2v) is 5.85. The van der Waals surface area contributed by atoms with Gasteiger partial charge < -0.3 is 20.4 Å². The fourth-order valence-corrected chi connectivity index (χ4v) is 2.61. The summed E-state index contributed by atoms with van der Waals surface area (Å²) in [5.41, 5.74) is 2.13. The van der Waals surface area contributed by atoms with Crippen LogP contribution < -0.4 is 10.6 Å². The number of amides is 2. The van der Waals surface area contributed by atoms with E-state index in [-0.39, 0.29) is 17.7 Å². The van der Waals surface area contributed by atoms with Crippen molar-refractivity contribution in [2.45, 2.75) is 19.3 Å². The number of benzene rings is 1. The maximum absolute atomic E-state index is 12.0. The molecule has 0 saturated heterocycles. The zero-order chi connectivity index (χ0) is 16.2. The van der Waals surface area contributed by atoms with Crippen molar-refractivity contribution >= 4 is 28.4 Å². The molecule has 2 amide bonds. The maximum Gasteiger partial charge on any atom is 0.267 e. The third-order valence-corrected chi connectivity index (χ3v) is 4.20. The fraction of sp³-hybridized carbons (Fsp3) is 0.412. The molecular weight excluding hydrogens is 294 g/mol. The number of fused-ring (bicyclic) bond motifs is 1. The first kappa shape index (κ1) is 15.6. The van der Waals surface area contributed by atoms with Gasteiger partial charge in [-0.15, -0.1) is 0 Å². The molecule has 1 aromatic carbocycles. The van der Waals surface area contributed by atoms with Gasteiger partial charge in [-0.2, -0.15) is 0 Å². The number of aromatic amines is 1. The summed E-state index contributed by atoms with van der Waals surface area (Å²) in [7, 11) is 1.59. The number of aromatic nitrogens is 1. The Morgan fingerprint density at radius 1 is 1.30 bits per heavy atom. The van der Waals surface area contributed by atoms with Crippen LogP contribution in [0.5, 0.6) is 0 Å². The highest BCUT2D eigenvalue weighted by molar-refractivity contribution is 6.00. The molecule has 2 aromatic rings. The number of carbonyl (C=O) groups is 2. The lowest BCUT2D eigenvalue weighted by molar-refractivity contribution is -0.122. The largest absolute Gasteiger partial charge is 0.383 e. The minimum absolute atomic E-state index is 0.0867. The van der Waals surface area contributed by atoms with Gasteiger partial charge in [0.2, 0.25) is 5.91 Å². The Hall–Kier alpha value is -2.34. The van der Waals surface area contributed by atoms with E-state index in [2.05, 4.69) is 15.6 Å². The van der Waals surface area contributed by atoms with Gasteiger partial charge >= 0.3 is 0 Å². The number of rotatable bonds is 6. The average molecular weight is 315 g/mol. The van der Waals surface area contributed by atoms with Crippen molar-refractivity contribution in [2.24, 2.45) is 5.92 Å². The molecule has 1 fully saturated rings. The topological polar surface area (TPSA) is 83.2 Å².